The molecule has 1 unspecified atom stereocenters. The number of nitrogens with two attached hydrogens (primary N) is 1. The van der Waals surface area contributed by atoms with Crippen molar-refractivity contribution < 1.29 is 0 Å². The normalized spacial score (nSPS) is 19.9. The lowest BCUT2D eigenvalue weighted by molar-refractivity contribution is 0.199. The zero-order valence-electron chi connectivity index (χ0n) is 13.2. The van der Waals surface area contributed by atoms with Crippen LogP contribution in [0.3, 0.4) is 0 Å². The van der Waals surface area contributed by atoms with Crippen LogP contribution in [0.5, 0.6) is 0 Å². The van der Waals surface area contributed by atoms with Gasteiger partial charge in [0.1, 0.15) is 0 Å². The van der Waals surface area contributed by atoms with E-state index in [0.717, 1.165) is 25.2 Å². The average molecular weight is 275 g/mol. The van der Waals surface area contributed by atoms with E-state index < -0.39 is 0 Å². The van der Waals surface area contributed by atoms with E-state index in [1.807, 2.05) is 6.20 Å². The highest BCUT2D eigenvalue weighted by Gasteiger charge is 2.31. The molecule has 0 radical (unpaired) electrons. The van der Waals surface area contributed by atoms with E-state index in [2.05, 4.69) is 42.8 Å². The van der Waals surface area contributed by atoms with Gasteiger partial charge in [-0.2, -0.15) is 0 Å². The molecule has 1 aromatic rings. The summed E-state index contributed by atoms with van der Waals surface area (Å²) in [6.07, 6.45) is 8.15. The lowest BCUT2D eigenvalue weighted by Gasteiger charge is -2.42. The molecule has 2 N–H and O–H groups in total. The third-order valence-electron chi connectivity index (χ3n) is 5.28. The van der Waals surface area contributed by atoms with E-state index in [-0.39, 0.29) is 6.04 Å². The molecular weight excluding hydrogens is 246 g/mol. The monoisotopic (exact) mass is 275 g/mol. The van der Waals surface area contributed by atoms with Crippen molar-refractivity contribution in [1.82, 2.24) is 4.98 Å². The summed E-state index contributed by atoms with van der Waals surface area (Å²) >= 11 is 0. The summed E-state index contributed by atoms with van der Waals surface area (Å²) < 4.78 is 0. The highest BCUT2D eigenvalue weighted by atomic mass is 15.1. The third kappa shape index (κ3) is 3.14. The van der Waals surface area contributed by atoms with Crippen LogP contribution in [-0.2, 0) is 0 Å². The van der Waals surface area contributed by atoms with Gasteiger partial charge in [0.05, 0.1) is 17.6 Å². The van der Waals surface area contributed by atoms with E-state index in [1.165, 1.54) is 31.4 Å². The standard InChI is InChI=1S/C17H29N3/c1-4-15(18)16-8-7-14(13-19-16)20-11-9-17(5-2,6-3)10-12-20/h7-8,13,15H,4-6,9-12,18H2,1-3H3. The lowest BCUT2D eigenvalue weighted by Crippen LogP contribution is -2.39. The predicted molar refractivity (Wildman–Crippen MR) is 85.9 cm³/mol. The molecule has 20 heavy (non-hydrogen) atoms. The van der Waals surface area contributed by atoms with E-state index >= 15 is 0 Å². The highest BCUT2D eigenvalue weighted by molar-refractivity contribution is 5.45. The van der Waals surface area contributed by atoms with Crippen molar-refractivity contribution in [2.45, 2.75) is 58.9 Å². The van der Waals surface area contributed by atoms with E-state index in [9.17, 15) is 0 Å². The predicted octanol–water partition coefficient (Wildman–Crippen LogP) is 3.90. The summed E-state index contributed by atoms with van der Waals surface area (Å²) in [6, 6.07) is 4.34. The van der Waals surface area contributed by atoms with Gasteiger partial charge in [0.2, 0.25) is 0 Å². The maximum atomic E-state index is 6.02. The molecular formula is C17H29N3. The molecule has 0 saturated carbocycles. The summed E-state index contributed by atoms with van der Waals surface area (Å²) in [7, 11) is 0. The fraction of sp³-hybridized carbons (Fsp3) is 0.706. The van der Waals surface area contributed by atoms with Gasteiger partial charge in [0, 0.05) is 19.1 Å². The van der Waals surface area contributed by atoms with Gasteiger partial charge in [-0.25, -0.2) is 0 Å². The van der Waals surface area contributed by atoms with Crippen molar-refractivity contribution in [1.29, 1.82) is 0 Å². The van der Waals surface area contributed by atoms with Crippen molar-refractivity contribution in [2.24, 2.45) is 11.1 Å². The molecule has 1 aliphatic rings. The maximum absolute atomic E-state index is 6.02. The van der Waals surface area contributed by atoms with Gasteiger partial charge < -0.3 is 10.6 Å². The van der Waals surface area contributed by atoms with E-state index in [0.29, 0.717) is 5.41 Å². The zero-order chi connectivity index (χ0) is 14.6. The maximum Gasteiger partial charge on any atom is 0.0572 e. The fourth-order valence-electron chi connectivity index (χ4n) is 3.21. The second-order valence-electron chi connectivity index (χ2n) is 6.15. The zero-order valence-corrected chi connectivity index (χ0v) is 13.2. The molecule has 0 aromatic carbocycles. The minimum Gasteiger partial charge on any atom is -0.370 e. The van der Waals surface area contributed by atoms with Gasteiger partial charge in [0.15, 0.2) is 0 Å². The minimum absolute atomic E-state index is 0.0678. The molecule has 2 rings (SSSR count). The molecule has 0 spiro atoms. The molecule has 0 amide bonds. The van der Waals surface area contributed by atoms with Gasteiger partial charge in [-0.15, -0.1) is 0 Å². The highest BCUT2D eigenvalue weighted by Crippen LogP contribution is 2.39. The number of anilines is 1. The summed E-state index contributed by atoms with van der Waals surface area (Å²) in [6.45, 7) is 9.08. The first-order valence-corrected chi connectivity index (χ1v) is 8.10. The molecule has 112 valence electrons. The number of pyridine rings is 1. The van der Waals surface area contributed by atoms with E-state index in [1.54, 1.807) is 0 Å². The molecule has 0 bridgehead atoms. The molecule has 3 heteroatoms. The first-order valence-electron chi connectivity index (χ1n) is 8.10. The number of aromatic nitrogens is 1. The Morgan fingerprint density at radius 3 is 2.30 bits per heavy atom. The number of hydrogen-bond acceptors (Lipinski definition) is 3. The molecule has 1 saturated heterocycles. The molecule has 0 aliphatic carbocycles. The summed E-state index contributed by atoms with van der Waals surface area (Å²) in [5.74, 6) is 0. The average Bonchev–Trinajstić information content (AvgIpc) is 2.54. The second-order valence-corrected chi connectivity index (χ2v) is 6.15. The van der Waals surface area contributed by atoms with Crippen LogP contribution < -0.4 is 10.6 Å². The van der Waals surface area contributed by atoms with Gasteiger partial charge in [0.25, 0.3) is 0 Å². The van der Waals surface area contributed by atoms with Gasteiger partial charge in [-0.3, -0.25) is 4.98 Å². The van der Waals surface area contributed by atoms with Crippen molar-refractivity contribution >= 4 is 5.69 Å². The Morgan fingerprint density at radius 2 is 1.85 bits per heavy atom. The minimum atomic E-state index is 0.0678. The summed E-state index contributed by atoms with van der Waals surface area (Å²) in [5.41, 5.74) is 8.85. The quantitative estimate of drug-likeness (QED) is 0.886. The fourth-order valence-corrected chi connectivity index (χ4v) is 3.21. The second kappa shape index (κ2) is 6.57. The van der Waals surface area contributed by atoms with Crippen molar-refractivity contribution in [3.63, 3.8) is 0 Å². The summed E-state index contributed by atoms with van der Waals surface area (Å²) in [5, 5.41) is 0. The molecule has 1 atom stereocenters. The van der Waals surface area contributed by atoms with Crippen LogP contribution in [0.1, 0.15) is 64.6 Å². The summed E-state index contributed by atoms with van der Waals surface area (Å²) in [4.78, 5) is 7.00. The molecule has 3 nitrogen and oxygen atoms in total. The van der Waals surface area contributed by atoms with Gasteiger partial charge in [-0.05, 0) is 36.8 Å². The number of hydrogen-bond donors (Lipinski definition) is 1. The first kappa shape index (κ1) is 15.3. The Labute approximate surface area is 123 Å². The number of rotatable bonds is 5. The van der Waals surface area contributed by atoms with Crippen LogP contribution in [0.15, 0.2) is 18.3 Å². The Hall–Kier alpha value is -1.09. The number of piperidine rings is 1. The smallest absolute Gasteiger partial charge is 0.0572 e. The van der Waals surface area contributed by atoms with Crippen LogP contribution in [0.4, 0.5) is 5.69 Å². The lowest BCUT2D eigenvalue weighted by atomic mass is 9.74. The Morgan fingerprint density at radius 1 is 1.20 bits per heavy atom. The molecule has 1 fully saturated rings. The first-order chi connectivity index (χ1) is 9.64. The van der Waals surface area contributed by atoms with Crippen LogP contribution in [-0.4, -0.2) is 18.1 Å². The van der Waals surface area contributed by atoms with E-state index in [4.69, 9.17) is 5.73 Å². The Kier molecular flexibility index (Phi) is 5.03. The molecule has 1 aromatic heterocycles. The molecule has 2 heterocycles. The Balaban J connectivity index is 2.00. The third-order valence-corrected chi connectivity index (χ3v) is 5.28. The van der Waals surface area contributed by atoms with Crippen molar-refractivity contribution in [3.8, 4) is 0 Å². The Bertz CT molecular complexity index is 399. The van der Waals surface area contributed by atoms with Gasteiger partial charge in [-0.1, -0.05) is 33.6 Å². The topological polar surface area (TPSA) is 42.1 Å². The molecule has 1 aliphatic heterocycles. The van der Waals surface area contributed by atoms with Crippen LogP contribution in [0, 0.1) is 5.41 Å². The van der Waals surface area contributed by atoms with Gasteiger partial charge >= 0.3 is 0 Å². The van der Waals surface area contributed by atoms with Crippen molar-refractivity contribution in [3.05, 3.63) is 24.0 Å². The van der Waals surface area contributed by atoms with Crippen LogP contribution in [0.25, 0.3) is 0 Å². The van der Waals surface area contributed by atoms with Crippen molar-refractivity contribution in [2.75, 3.05) is 18.0 Å². The van der Waals surface area contributed by atoms with Crippen LogP contribution >= 0.6 is 0 Å². The largest absolute Gasteiger partial charge is 0.370 e. The SMILES string of the molecule is CCC(N)c1ccc(N2CCC(CC)(CC)CC2)cn1. The number of nitrogens with zero attached hydrogens (tertiary/aromatic N) is 2. The van der Waals surface area contributed by atoms with Crippen LogP contribution in [0.2, 0.25) is 0 Å².